The predicted molar refractivity (Wildman–Crippen MR) is 61.6 cm³/mol. The van der Waals surface area contributed by atoms with Gasteiger partial charge in [-0.1, -0.05) is 12.1 Å². The molecule has 1 atom stereocenters. The van der Waals surface area contributed by atoms with Gasteiger partial charge in [0.15, 0.2) is 5.82 Å². The summed E-state index contributed by atoms with van der Waals surface area (Å²) in [6.07, 6.45) is -3.13. The first-order valence-corrected chi connectivity index (χ1v) is 6.02. The number of hydrogen-bond acceptors (Lipinski definition) is 5. The quantitative estimate of drug-likeness (QED) is 0.744. The van der Waals surface area contributed by atoms with E-state index in [4.69, 9.17) is 10.3 Å². The lowest BCUT2D eigenvalue weighted by atomic mass is 9.88. The summed E-state index contributed by atoms with van der Waals surface area (Å²) in [4.78, 5) is 3.97. The van der Waals surface area contributed by atoms with Crippen LogP contribution in [0.3, 0.4) is 0 Å². The smallest absolute Gasteiger partial charge is 0.330 e. The van der Waals surface area contributed by atoms with Crippen molar-refractivity contribution in [3.05, 3.63) is 11.7 Å². The molecule has 0 saturated carbocycles. The molecule has 1 heterocycles. The van der Waals surface area contributed by atoms with E-state index in [9.17, 15) is 17.6 Å². The van der Waals surface area contributed by atoms with Crippen LogP contribution in [0.15, 0.2) is 4.52 Å². The van der Waals surface area contributed by atoms with Gasteiger partial charge in [-0.25, -0.2) is 8.78 Å². The fourth-order valence-electron chi connectivity index (χ4n) is 1.28. The molecule has 20 heavy (non-hydrogen) atoms. The van der Waals surface area contributed by atoms with E-state index in [1.54, 1.807) is 0 Å². The predicted octanol–water partition coefficient (Wildman–Crippen LogP) is 2.11. The van der Waals surface area contributed by atoms with Crippen LogP contribution < -0.4 is 5.73 Å². The van der Waals surface area contributed by atoms with Gasteiger partial charge in [-0.15, -0.1) is 0 Å². The van der Waals surface area contributed by atoms with Crippen LogP contribution in [-0.4, -0.2) is 35.6 Å². The highest BCUT2D eigenvalue weighted by Gasteiger charge is 2.41. The Bertz CT molecular complexity index is 422. The molecule has 2 N–H and O–H groups in total. The molecule has 1 rings (SSSR count). The summed E-state index contributed by atoms with van der Waals surface area (Å²) in [7, 11) is 0. The zero-order chi connectivity index (χ0) is 15.4. The molecular weight excluding hydrogens is 282 g/mol. The lowest BCUT2D eigenvalue weighted by Gasteiger charge is -2.20. The second-order valence-corrected chi connectivity index (χ2v) is 4.69. The Balaban J connectivity index is 2.58. The number of nitrogens with zero attached hydrogens (tertiary/aromatic N) is 2. The van der Waals surface area contributed by atoms with Crippen molar-refractivity contribution in [2.45, 2.75) is 44.6 Å². The van der Waals surface area contributed by atoms with E-state index >= 15 is 0 Å². The third-order valence-corrected chi connectivity index (χ3v) is 3.06. The Morgan fingerprint density at radius 1 is 1.40 bits per heavy atom. The average Bonchev–Trinajstić information content (AvgIpc) is 2.86. The van der Waals surface area contributed by atoms with Crippen LogP contribution in [0.2, 0.25) is 0 Å². The van der Waals surface area contributed by atoms with Gasteiger partial charge < -0.3 is 15.0 Å². The number of aromatic nitrogens is 2. The van der Waals surface area contributed by atoms with Crippen LogP contribution in [0.5, 0.6) is 0 Å². The molecule has 0 aliphatic heterocycles. The normalized spacial score (nSPS) is 15.6. The molecule has 1 unspecified atom stereocenters. The zero-order valence-corrected chi connectivity index (χ0v) is 11.2. The maximum atomic E-state index is 12.6. The van der Waals surface area contributed by atoms with Crippen molar-refractivity contribution in [3.8, 4) is 0 Å². The highest BCUT2D eigenvalue weighted by atomic mass is 19.3. The number of ether oxygens (including phenoxy) is 1. The topological polar surface area (TPSA) is 74.2 Å². The number of hydrogen-bond donors (Lipinski definition) is 1. The summed E-state index contributed by atoms with van der Waals surface area (Å²) in [5.74, 6) is -3.92. The SMILES string of the molecule is CCC(C)(CN)c1nc(COCC(F)(F)C(F)F)no1. The second-order valence-electron chi connectivity index (χ2n) is 4.69. The Kier molecular flexibility index (Phi) is 5.46. The van der Waals surface area contributed by atoms with Crippen molar-refractivity contribution in [1.29, 1.82) is 0 Å². The molecule has 0 aliphatic rings. The number of nitrogens with two attached hydrogens (primary N) is 1. The summed E-state index contributed by atoms with van der Waals surface area (Å²) < 4.78 is 58.5. The lowest BCUT2D eigenvalue weighted by molar-refractivity contribution is -0.168. The minimum absolute atomic E-state index is 0.0122. The van der Waals surface area contributed by atoms with Gasteiger partial charge in [0.2, 0.25) is 5.89 Å². The Labute approximate surface area is 113 Å². The van der Waals surface area contributed by atoms with Crippen LogP contribution in [-0.2, 0) is 16.8 Å². The van der Waals surface area contributed by atoms with Crippen LogP contribution >= 0.6 is 0 Å². The van der Waals surface area contributed by atoms with Gasteiger partial charge >= 0.3 is 12.3 Å². The van der Waals surface area contributed by atoms with Gasteiger partial charge in [-0.3, -0.25) is 0 Å². The number of rotatable bonds is 8. The first kappa shape index (κ1) is 16.8. The largest absolute Gasteiger partial charge is 0.367 e. The first-order valence-electron chi connectivity index (χ1n) is 6.02. The molecule has 1 aromatic heterocycles. The highest BCUT2D eigenvalue weighted by Crippen LogP contribution is 2.25. The van der Waals surface area contributed by atoms with Gasteiger partial charge in [0.25, 0.3) is 0 Å². The summed E-state index contributed by atoms with van der Waals surface area (Å²) in [5.41, 5.74) is 5.09. The molecule has 9 heteroatoms. The van der Waals surface area contributed by atoms with Gasteiger partial charge in [-0.2, -0.15) is 13.8 Å². The molecule has 0 saturated heterocycles. The average molecular weight is 299 g/mol. The summed E-state index contributed by atoms with van der Waals surface area (Å²) in [6, 6.07) is 0. The van der Waals surface area contributed by atoms with E-state index in [0.29, 0.717) is 6.42 Å². The van der Waals surface area contributed by atoms with Gasteiger partial charge in [0.1, 0.15) is 13.2 Å². The standard InChI is InChI=1S/C11H17F4N3O2/c1-3-10(2,5-16)9-17-7(18-20-9)4-19-6-11(14,15)8(12)13/h8H,3-6,16H2,1-2H3. The maximum absolute atomic E-state index is 12.6. The van der Waals surface area contributed by atoms with Crippen LogP contribution in [0, 0.1) is 0 Å². The third-order valence-electron chi connectivity index (χ3n) is 3.06. The van der Waals surface area contributed by atoms with E-state index in [1.807, 2.05) is 13.8 Å². The van der Waals surface area contributed by atoms with Crippen LogP contribution in [0.4, 0.5) is 17.6 Å². The molecule has 0 spiro atoms. The molecule has 0 aromatic carbocycles. The summed E-state index contributed by atoms with van der Waals surface area (Å²) in [6.45, 7) is 2.13. The minimum atomic E-state index is -4.19. The van der Waals surface area contributed by atoms with Crippen molar-refractivity contribution in [3.63, 3.8) is 0 Å². The van der Waals surface area contributed by atoms with E-state index < -0.39 is 31.0 Å². The highest BCUT2D eigenvalue weighted by molar-refractivity contribution is 5.03. The molecule has 0 fully saturated rings. The molecule has 1 aromatic rings. The van der Waals surface area contributed by atoms with E-state index in [2.05, 4.69) is 14.9 Å². The molecule has 0 amide bonds. The lowest BCUT2D eigenvalue weighted by Crippen LogP contribution is -2.32. The van der Waals surface area contributed by atoms with Crippen molar-refractivity contribution in [2.24, 2.45) is 5.73 Å². The summed E-state index contributed by atoms with van der Waals surface area (Å²) in [5, 5.41) is 3.54. The zero-order valence-electron chi connectivity index (χ0n) is 11.2. The van der Waals surface area contributed by atoms with Crippen molar-refractivity contribution in [2.75, 3.05) is 13.2 Å². The first-order chi connectivity index (χ1) is 9.25. The fraction of sp³-hybridized carbons (Fsp3) is 0.818. The van der Waals surface area contributed by atoms with Crippen LogP contribution in [0.25, 0.3) is 0 Å². The van der Waals surface area contributed by atoms with E-state index in [0.717, 1.165) is 0 Å². The second kappa shape index (κ2) is 6.49. The maximum Gasteiger partial charge on any atom is 0.330 e. The van der Waals surface area contributed by atoms with Gasteiger partial charge in [-0.05, 0) is 13.3 Å². The minimum Gasteiger partial charge on any atom is -0.367 e. The molecule has 5 nitrogen and oxygen atoms in total. The Hall–Kier alpha value is -1.22. The van der Waals surface area contributed by atoms with E-state index in [1.165, 1.54) is 0 Å². The fourth-order valence-corrected chi connectivity index (χ4v) is 1.28. The molecule has 0 aliphatic carbocycles. The van der Waals surface area contributed by atoms with Gasteiger partial charge in [0, 0.05) is 6.54 Å². The van der Waals surface area contributed by atoms with Crippen LogP contribution in [0.1, 0.15) is 32.0 Å². The van der Waals surface area contributed by atoms with E-state index in [-0.39, 0.29) is 18.3 Å². The molecule has 116 valence electrons. The summed E-state index contributed by atoms with van der Waals surface area (Å²) >= 11 is 0. The van der Waals surface area contributed by atoms with Crippen molar-refractivity contribution >= 4 is 0 Å². The number of alkyl halides is 4. The number of halogens is 4. The molecule has 0 radical (unpaired) electrons. The molecule has 0 bridgehead atoms. The molecular formula is C11H17F4N3O2. The Morgan fingerprint density at radius 3 is 2.55 bits per heavy atom. The van der Waals surface area contributed by atoms with Crippen molar-refractivity contribution in [1.82, 2.24) is 10.1 Å². The third kappa shape index (κ3) is 3.89. The Morgan fingerprint density at radius 2 is 2.05 bits per heavy atom. The van der Waals surface area contributed by atoms with Gasteiger partial charge in [0.05, 0.1) is 5.41 Å². The van der Waals surface area contributed by atoms with Crippen molar-refractivity contribution < 1.29 is 26.8 Å². The monoisotopic (exact) mass is 299 g/mol.